The Morgan fingerprint density at radius 2 is 1.83 bits per heavy atom. The molecule has 3 aliphatic heterocycles. The standard InChI is InChI=1S/C33H34N4O4/c1-7-19-15(3)23-11-25-17(5)21(9-10-29(38)39)31(36-25)22-14-41-33(40)30-18(6)26(37-32(22)30)13-28-20(8-2)16(4)24(35-28)12-27(19)34-23/h7,11-13,17,21,34-35H,1,8-10,14H2,2-6H3,(H,38,39)/t17-,21-/m0/s1. The molecule has 3 aromatic heterocycles. The molecule has 0 unspecified atom stereocenters. The predicted octanol–water partition coefficient (Wildman–Crippen LogP) is 6.88. The Morgan fingerprint density at radius 1 is 1.10 bits per heavy atom. The van der Waals surface area contributed by atoms with Gasteiger partial charge in [-0.25, -0.2) is 9.78 Å². The Kier molecular flexibility index (Phi) is 6.44. The predicted molar refractivity (Wildman–Crippen MR) is 160 cm³/mol. The van der Waals surface area contributed by atoms with Gasteiger partial charge in [-0.2, -0.15) is 0 Å². The van der Waals surface area contributed by atoms with E-state index in [0.29, 0.717) is 23.4 Å². The number of fused-ring (bicyclic) bond motifs is 8. The van der Waals surface area contributed by atoms with Crippen LogP contribution in [0.3, 0.4) is 0 Å². The van der Waals surface area contributed by atoms with Crippen LogP contribution in [0, 0.1) is 13.8 Å². The number of hydrogen-bond donors (Lipinski definition) is 3. The number of carboxylic acid groups (broad SMARTS) is 1. The summed E-state index contributed by atoms with van der Waals surface area (Å²) in [6.45, 7) is 14.4. The van der Waals surface area contributed by atoms with Gasteiger partial charge in [0.15, 0.2) is 0 Å². The Bertz CT molecular complexity index is 1860. The van der Waals surface area contributed by atoms with Gasteiger partial charge >= 0.3 is 11.9 Å². The van der Waals surface area contributed by atoms with Crippen LogP contribution < -0.4 is 0 Å². The average Bonchev–Trinajstić information content (AvgIpc) is 3.61. The lowest BCUT2D eigenvalue weighted by molar-refractivity contribution is -0.138. The summed E-state index contributed by atoms with van der Waals surface area (Å²) in [5.74, 6) is -1.44. The van der Waals surface area contributed by atoms with Crippen LogP contribution in [0.1, 0.15) is 96.0 Å². The van der Waals surface area contributed by atoms with Crippen molar-refractivity contribution in [1.82, 2.24) is 19.9 Å². The number of carboxylic acids is 1. The number of nitrogens with one attached hydrogen (secondary N) is 2. The minimum atomic E-state index is -0.851. The van der Waals surface area contributed by atoms with E-state index in [1.807, 2.05) is 19.1 Å². The number of aromatic amines is 2. The van der Waals surface area contributed by atoms with Crippen LogP contribution in [0.25, 0.3) is 39.3 Å². The van der Waals surface area contributed by atoms with Gasteiger partial charge in [0.2, 0.25) is 0 Å². The van der Waals surface area contributed by atoms with Crippen LogP contribution in [0.4, 0.5) is 0 Å². The summed E-state index contributed by atoms with van der Waals surface area (Å²) >= 11 is 0. The molecule has 3 N–H and O–H groups in total. The summed E-state index contributed by atoms with van der Waals surface area (Å²) < 4.78 is 5.67. The highest BCUT2D eigenvalue weighted by atomic mass is 16.5. The van der Waals surface area contributed by atoms with Crippen LogP contribution in [-0.4, -0.2) is 37.0 Å². The second kappa shape index (κ2) is 9.87. The smallest absolute Gasteiger partial charge is 0.341 e. The van der Waals surface area contributed by atoms with E-state index in [4.69, 9.17) is 14.7 Å². The molecule has 0 spiro atoms. The number of aliphatic carboxylic acids is 1. The van der Waals surface area contributed by atoms with Gasteiger partial charge in [-0.05, 0) is 74.1 Å². The summed E-state index contributed by atoms with van der Waals surface area (Å²) in [4.78, 5) is 41.9. The van der Waals surface area contributed by atoms with Crippen molar-refractivity contribution >= 4 is 51.2 Å². The minimum Gasteiger partial charge on any atom is -0.481 e. The maximum Gasteiger partial charge on any atom is 0.341 e. The molecule has 0 amide bonds. The first kappa shape index (κ1) is 26.7. The van der Waals surface area contributed by atoms with Crippen molar-refractivity contribution in [2.24, 2.45) is 0 Å². The lowest BCUT2D eigenvalue weighted by Gasteiger charge is -2.20. The Morgan fingerprint density at radius 3 is 2.54 bits per heavy atom. The van der Waals surface area contributed by atoms with Crippen molar-refractivity contribution < 1.29 is 19.4 Å². The molecule has 41 heavy (non-hydrogen) atoms. The molecule has 0 saturated heterocycles. The highest BCUT2D eigenvalue weighted by molar-refractivity contribution is 6.26. The number of nitrogens with zero attached hydrogens (tertiary/aromatic N) is 2. The number of carbonyl (C=O) groups excluding carboxylic acids is 1. The quantitative estimate of drug-likeness (QED) is 0.298. The van der Waals surface area contributed by atoms with E-state index in [0.717, 1.165) is 67.7 Å². The molecule has 3 aliphatic rings. The number of aryl methyl sites for hydroxylation is 3. The zero-order valence-corrected chi connectivity index (χ0v) is 24.1. The molecular formula is C33H34N4O4. The first-order valence-electron chi connectivity index (χ1n) is 14.1. The molecule has 8 nitrogen and oxygen atoms in total. The van der Waals surface area contributed by atoms with Crippen LogP contribution in [0.2, 0.25) is 0 Å². The van der Waals surface area contributed by atoms with Crippen LogP contribution in [0.15, 0.2) is 24.8 Å². The van der Waals surface area contributed by atoms with Gasteiger partial charge in [0.05, 0.1) is 22.7 Å². The first-order valence-corrected chi connectivity index (χ1v) is 14.1. The van der Waals surface area contributed by atoms with Gasteiger partial charge in [-0.15, -0.1) is 0 Å². The van der Waals surface area contributed by atoms with Gasteiger partial charge in [-0.1, -0.05) is 26.5 Å². The molecule has 2 atom stereocenters. The van der Waals surface area contributed by atoms with Gasteiger partial charge in [-0.3, -0.25) is 9.78 Å². The number of allylic oxidation sites excluding steroid dienone is 1. The number of aromatic nitrogens is 4. The lowest BCUT2D eigenvalue weighted by Crippen LogP contribution is -2.18. The van der Waals surface area contributed by atoms with E-state index in [1.165, 1.54) is 5.56 Å². The number of H-pyrrole nitrogens is 2. The topological polar surface area (TPSA) is 121 Å². The minimum absolute atomic E-state index is 0.0169. The number of rotatable bonds is 5. The van der Waals surface area contributed by atoms with E-state index < -0.39 is 11.9 Å². The molecule has 0 aliphatic carbocycles. The fraction of sp³-hybridized carbons (Fsp3) is 0.333. The fourth-order valence-corrected chi connectivity index (χ4v) is 6.54. The van der Waals surface area contributed by atoms with Crippen LogP contribution in [0.5, 0.6) is 0 Å². The largest absolute Gasteiger partial charge is 0.481 e. The first-order chi connectivity index (χ1) is 19.6. The van der Waals surface area contributed by atoms with Gasteiger partial charge in [0.25, 0.3) is 0 Å². The zero-order valence-electron chi connectivity index (χ0n) is 24.1. The van der Waals surface area contributed by atoms with Crippen LogP contribution in [-0.2, 0) is 27.4 Å². The highest BCUT2D eigenvalue weighted by Gasteiger charge is 2.37. The normalized spacial score (nSPS) is 18.0. The second-order valence-corrected chi connectivity index (χ2v) is 11.2. The molecule has 6 rings (SSSR count). The van der Waals surface area contributed by atoms with Crippen molar-refractivity contribution in [2.75, 3.05) is 0 Å². The molecule has 210 valence electrons. The molecule has 8 heteroatoms. The summed E-state index contributed by atoms with van der Waals surface area (Å²) in [5, 5.41) is 9.51. The molecule has 0 radical (unpaired) electrons. The van der Waals surface area contributed by atoms with E-state index >= 15 is 0 Å². The molecule has 6 heterocycles. The fourth-order valence-electron chi connectivity index (χ4n) is 6.54. The molecule has 8 bridgehead atoms. The number of hydrogen-bond acceptors (Lipinski definition) is 5. The van der Waals surface area contributed by atoms with E-state index in [9.17, 15) is 14.7 Å². The van der Waals surface area contributed by atoms with Crippen molar-refractivity contribution in [1.29, 1.82) is 0 Å². The van der Waals surface area contributed by atoms with Gasteiger partial charge in [0.1, 0.15) is 6.61 Å². The molecule has 3 aromatic rings. The number of ether oxygens (including phenoxy) is 1. The lowest BCUT2D eigenvalue weighted by atomic mass is 9.85. The van der Waals surface area contributed by atoms with Crippen molar-refractivity contribution in [2.45, 2.75) is 72.3 Å². The molecule has 0 fully saturated rings. The van der Waals surface area contributed by atoms with E-state index in [-0.39, 0.29) is 24.9 Å². The monoisotopic (exact) mass is 550 g/mol. The third kappa shape index (κ3) is 4.20. The van der Waals surface area contributed by atoms with Crippen molar-refractivity contribution in [3.63, 3.8) is 0 Å². The number of carbonyl (C=O) groups is 2. The second-order valence-electron chi connectivity index (χ2n) is 11.2. The summed E-state index contributed by atoms with van der Waals surface area (Å²) in [6.07, 6.45) is 3.14. The van der Waals surface area contributed by atoms with Crippen molar-refractivity contribution in [3.8, 4) is 0 Å². The maximum atomic E-state index is 13.0. The van der Waals surface area contributed by atoms with Crippen molar-refractivity contribution in [3.05, 3.63) is 75.4 Å². The highest BCUT2D eigenvalue weighted by Crippen LogP contribution is 2.45. The number of esters is 1. The molecule has 0 saturated carbocycles. The summed E-state index contributed by atoms with van der Waals surface area (Å²) in [5.41, 5.74) is 13.1. The molecular weight excluding hydrogens is 516 g/mol. The summed E-state index contributed by atoms with van der Waals surface area (Å²) in [7, 11) is 0. The SMILES string of the molecule is C=Cc1c(C)c2cc3nc(c4c5nc(cc6[nH]c(cc1[nH]2)c(C)c6CC)C(C)=C5C(=O)OC4)[C@@H](CCC(=O)O)[C@@H]3C. The Hall–Kier alpha value is -4.46. The van der Waals surface area contributed by atoms with E-state index in [2.05, 4.69) is 56.4 Å². The third-order valence-electron chi connectivity index (χ3n) is 8.95. The summed E-state index contributed by atoms with van der Waals surface area (Å²) in [6, 6.07) is 6.19. The van der Waals surface area contributed by atoms with Gasteiger partial charge < -0.3 is 19.8 Å². The molecule has 0 aromatic carbocycles. The maximum absolute atomic E-state index is 13.0. The zero-order chi connectivity index (χ0) is 29.2. The Labute approximate surface area is 238 Å². The van der Waals surface area contributed by atoms with Crippen LogP contribution >= 0.6 is 0 Å². The average molecular weight is 551 g/mol. The third-order valence-corrected chi connectivity index (χ3v) is 8.95. The Balaban J connectivity index is 1.79. The van der Waals surface area contributed by atoms with E-state index in [1.54, 1.807) is 0 Å². The van der Waals surface area contributed by atoms with Gasteiger partial charge in [0, 0.05) is 57.1 Å². The number of cyclic esters (lactones) is 1.